The molecule has 24 heavy (non-hydrogen) atoms. The molecule has 1 aromatic rings. The van der Waals surface area contributed by atoms with Crippen LogP contribution in [0, 0.1) is 0 Å². The fraction of sp³-hybridized carbons (Fsp3) is 0.444. The number of unbranched alkanes of at least 4 members (excludes halogenated alkanes) is 2. The fourth-order valence-electron chi connectivity index (χ4n) is 2.23. The van der Waals surface area contributed by atoms with Crippen molar-refractivity contribution in [3.05, 3.63) is 33.8 Å². The van der Waals surface area contributed by atoms with E-state index in [1.54, 1.807) is 12.1 Å². The second-order valence-corrected chi connectivity index (χ2v) is 6.89. The monoisotopic (exact) mass is 396 g/mol. The third-order valence-corrected chi connectivity index (χ3v) is 3.89. The van der Waals surface area contributed by atoms with Crippen LogP contribution in [-0.4, -0.2) is 24.3 Å². The van der Waals surface area contributed by atoms with E-state index in [2.05, 4.69) is 22.9 Å². The minimum absolute atomic E-state index is 0.147. The summed E-state index contributed by atoms with van der Waals surface area (Å²) in [7, 11) is 0. The number of halogens is 1. The first kappa shape index (κ1) is 18.5. The van der Waals surface area contributed by atoms with Crippen molar-refractivity contribution >= 4 is 33.9 Å². The Labute approximate surface area is 150 Å². The van der Waals surface area contributed by atoms with Crippen molar-refractivity contribution < 1.29 is 23.8 Å². The number of benzene rings is 1. The van der Waals surface area contributed by atoms with Gasteiger partial charge in [-0.3, -0.25) is 0 Å². The molecule has 1 aliphatic rings. The Morgan fingerprint density at radius 3 is 2.46 bits per heavy atom. The number of rotatable bonds is 6. The van der Waals surface area contributed by atoms with E-state index >= 15 is 0 Å². The minimum Gasteiger partial charge on any atom is -0.493 e. The van der Waals surface area contributed by atoms with Crippen LogP contribution in [-0.2, 0) is 19.1 Å². The standard InChI is InChI=1S/C18H21BrO5/c1-4-5-6-9-22-15-8-7-13(19)10-12(15)11-14-16(20)23-18(2,3)24-17(14)21/h7-8,10-11H,4-6,9H2,1-3H3. The van der Waals surface area contributed by atoms with Gasteiger partial charge in [0.05, 0.1) is 6.61 Å². The summed E-state index contributed by atoms with van der Waals surface area (Å²) >= 11 is 3.39. The molecule has 1 heterocycles. The van der Waals surface area contributed by atoms with Crippen molar-refractivity contribution in [2.24, 2.45) is 0 Å². The van der Waals surface area contributed by atoms with Crippen LogP contribution in [0.15, 0.2) is 28.2 Å². The maximum Gasteiger partial charge on any atom is 0.348 e. The lowest BCUT2D eigenvalue weighted by Crippen LogP contribution is -2.41. The first-order valence-corrected chi connectivity index (χ1v) is 8.72. The van der Waals surface area contributed by atoms with E-state index in [-0.39, 0.29) is 5.57 Å². The molecule has 0 saturated carbocycles. The molecule has 0 spiro atoms. The largest absolute Gasteiger partial charge is 0.493 e. The summed E-state index contributed by atoms with van der Waals surface area (Å²) in [5.41, 5.74) is 0.468. The molecule has 1 saturated heterocycles. The van der Waals surface area contributed by atoms with Crippen molar-refractivity contribution in [2.75, 3.05) is 6.61 Å². The quantitative estimate of drug-likeness (QED) is 0.311. The van der Waals surface area contributed by atoms with Crippen LogP contribution in [0.4, 0.5) is 0 Å². The van der Waals surface area contributed by atoms with Gasteiger partial charge in [0.1, 0.15) is 11.3 Å². The smallest absolute Gasteiger partial charge is 0.348 e. The third kappa shape index (κ3) is 4.84. The highest BCUT2D eigenvalue weighted by Crippen LogP contribution is 2.29. The Morgan fingerprint density at radius 2 is 1.83 bits per heavy atom. The number of cyclic esters (lactones) is 2. The maximum absolute atomic E-state index is 12.1. The van der Waals surface area contributed by atoms with E-state index in [0.29, 0.717) is 17.9 Å². The molecule has 2 rings (SSSR count). The topological polar surface area (TPSA) is 61.8 Å². The van der Waals surface area contributed by atoms with Gasteiger partial charge in [0.2, 0.25) is 0 Å². The van der Waals surface area contributed by atoms with Crippen LogP contribution in [0.25, 0.3) is 6.08 Å². The molecule has 6 heteroatoms. The molecule has 130 valence electrons. The van der Waals surface area contributed by atoms with Crippen LogP contribution in [0.2, 0.25) is 0 Å². The van der Waals surface area contributed by atoms with Crippen LogP contribution in [0.5, 0.6) is 5.75 Å². The summed E-state index contributed by atoms with van der Waals surface area (Å²) in [5.74, 6) is -2.05. The number of hydrogen-bond acceptors (Lipinski definition) is 5. The summed E-state index contributed by atoms with van der Waals surface area (Å²) in [6.45, 7) is 5.73. The zero-order chi connectivity index (χ0) is 17.7. The molecule has 0 aliphatic carbocycles. The predicted molar refractivity (Wildman–Crippen MR) is 93.4 cm³/mol. The third-order valence-electron chi connectivity index (χ3n) is 3.39. The first-order chi connectivity index (χ1) is 11.3. The highest BCUT2D eigenvalue weighted by atomic mass is 79.9. The van der Waals surface area contributed by atoms with E-state index in [0.717, 1.165) is 23.7 Å². The first-order valence-electron chi connectivity index (χ1n) is 7.93. The average Bonchev–Trinajstić information content (AvgIpc) is 2.48. The second kappa shape index (κ2) is 7.83. The molecular weight excluding hydrogens is 376 g/mol. The number of ether oxygens (including phenoxy) is 3. The lowest BCUT2D eigenvalue weighted by molar-refractivity contribution is -0.222. The molecule has 0 radical (unpaired) electrons. The van der Waals surface area contributed by atoms with Crippen molar-refractivity contribution in [3.63, 3.8) is 0 Å². The minimum atomic E-state index is -1.25. The van der Waals surface area contributed by atoms with Gasteiger partial charge >= 0.3 is 11.9 Å². The normalized spacial score (nSPS) is 16.4. The molecule has 0 unspecified atom stereocenters. The summed E-state index contributed by atoms with van der Waals surface area (Å²) in [6, 6.07) is 5.42. The highest BCUT2D eigenvalue weighted by molar-refractivity contribution is 9.10. The zero-order valence-corrected chi connectivity index (χ0v) is 15.6. The highest BCUT2D eigenvalue weighted by Gasteiger charge is 2.39. The molecule has 0 amide bonds. The van der Waals surface area contributed by atoms with E-state index in [1.165, 1.54) is 19.9 Å². The Kier molecular flexibility index (Phi) is 6.04. The van der Waals surface area contributed by atoms with Gasteiger partial charge in [-0.1, -0.05) is 35.7 Å². The lowest BCUT2D eigenvalue weighted by atomic mass is 10.1. The fourth-order valence-corrected chi connectivity index (χ4v) is 2.61. The molecule has 0 N–H and O–H groups in total. The summed E-state index contributed by atoms with van der Waals surface area (Å²) in [5, 5.41) is 0. The molecule has 1 aromatic carbocycles. The number of carbonyl (C=O) groups is 2. The summed E-state index contributed by atoms with van der Waals surface area (Å²) in [4.78, 5) is 24.2. The second-order valence-electron chi connectivity index (χ2n) is 5.97. The maximum atomic E-state index is 12.1. The van der Waals surface area contributed by atoms with Gasteiger partial charge in [-0.05, 0) is 30.7 Å². The van der Waals surface area contributed by atoms with Crippen LogP contribution >= 0.6 is 15.9 Å². The van der Waals surface area contributed by atoms with Gasteiger partial charge in [0, 0.05) is 23.9 Å². The SMILES string of the molecule is CCCCCOc1ccc(Br)cc1C=C1C(=O)OC(C)(C)OC1=O. The predicted octanol–water partition coefficient (Wildman–Crippen LogP) is 4.24. The zero-order valence-electron chi connectivity index (χ0n) is 14.1. The molecule has 0 bridgehead atoms. The molecule has 0 aromatic heterocycles. The number of carbonyl (C=O) groups excluding carboxylic acids is 2. The Hall–Kier alpha value is -1.82. The van der Waals surface area contributed by atoms with E-state index < -0.39 is 17.7 Å². The number of hydrogen-bond donors (Lipinski definition) is 0. The Bertz CT molecular complexity index is 641. The van der Waals surface area contributed by atoms with Crippen molar-refractivity contribution in [2.45, 2.75) is 45.8 Å². The van der Waals surface area contributed by atoms with Crippen molar-refractivity contribution in [1.29, 1.82) is 0 Å². The van der Waals surface area contributed by atoms with Crippen LogP contribution < -0.4 is 4.74 Å². The van der Waals surface area contributed by atoms with Crippen molar-refractivity contribution in [3.8, 4) is 5.75 Å². The summed E-state index contributed by atoms with van der Waals surface area (Å²) < 4.78 is 16.8. The van der Waals surface area contributed by atoms with Gasteiger partial charge in [-0.15, -0.1) is 0 Å². The van der Waals surface area contributed by atoms with E-state index in [9.17, 15) is 9.59 Å². The Balaban J connectivity index is 2.25. The molecule has 0 atom stereocenters. The Morgan fingerprint density at radius 1 is 1.17 bits per heavy atom. The van der Waals surface area contributed by atoms with Gasteiger partial charge in [-0.25, -0.2) is 9.59 Å². The van der Waals surface area contributed by atoms with E-state index in [4.69, 9.17) is 14.2 Å². The van der Waals surface area contributed by atoms with Crippen molar-refractivity contribution in [1.82, 2.24) is 0 Å². The van der Waals surface area contributed by atoms with Gasteiger partial charge in [0.25, 0.3) is 5.79 Å². The lowest BCUT2D eigenvalue weighted by Gasteiger charge is -2.29. The van der Waals surface area contributed by atoms with Gasteiger partial charge in [0.15, 0.2) is 0 Å². The number of esters is 2. The molecule has 1 fully saturated rings. The molecule has 1 aliphatic heterocycles. The summed E-state index contributed by atoms with van der Waals surface area (Å²) in [6.07, 6.45) is 4.58. The van der Waals surface area contributed by atoms with Crippen LogP contribution in [0.3, 0.4) is 0 Å². The van der Waals surface area contributed by atoms with Gasteiger partial charge in [-0.2, -0.15) is 0 Å². The molecule has 5 nitrogen and oxygen atoms in total. The van der Waals surface area contributed by atoms with E-state index in [1.807, 2.05) is 6.07 Å². The molecular formula is C18H21BrO5. The van der Waals surface area contributed by atoms with Crippen LogP contribution in [0.1, 0.15) is 45.6 Å². The average molecular weight is 397 g/mol. The van der Waals surface area contributed by atoms with Gasteiger partial charge < -0.3 is 14.2 Å².